The standard InChI is InChI=1S/C19H18N2O3S/c1-12(17(22)21-18-16(11-20)8-9-25-18)24-19(23)15-7-6-13-4-2-3-5-14(13)10-15/h6-10,12H,2-5H2,1H3,(H,21,22). The van der Waals surface area contributed by atoms with Crippen LogP contribution in [-0.2, 0) is 22.4 Å². The Balaban J connectivity index is 1.64. The van der Waals surface area contributed by atoms with Crippen molar-refractivity contribution in [3.8, 4) is 6.07 Å². The van der Waals surface area contributed by atoms with Crippen molar-refractivity contribution in [2.75, 3.05) is 5.32 Å². The highest BCUT2D eigenvalue weighted by molar-refractivity contribution is 7.14. The van der Waals surface area contributed by atoms with Crippen molar-refractivity contribution in [1.29, 1.82) is 5.26 Å². The number of ether oxygens (including phenoxy) is 1. The molecule has 0 bridgehead atoms. The van der Waals surface area contributed by atoms with Gasteiger partial charge in [0.2, 0.25) is 0 Å². The predicted octanol–water partition coefficient (Wildman–Crippen LogP) is 3.68. The van der Waals surface area contributed by atoms with Crippen LogP contribution in [0, 0.1) is 11.3 Å². The molecule has 1 heterocycles. The van der Waals surface area contributed by atoms with E-state index in [-0.39, 0.29) is 0 Å². The third-order valence-electron chi connectivity index (χ3n) is 4.26. The lowest BCUT2D eigenvalue weighted by Gasteiger charge is -2.17. The number of fused-ring (bicyclic) bond motifs is 1. The Kier molecular flexibility index (Phi) is 5.15. The van der Waals surface area contributed by atoms with Gasteiger partial charge in [0.15, 0.2) is 6.10 Å². The van der Waals surface area contributed by atoms with Crippen molar-refractivity contribution in [2.24, 2.45) is 0 Å². The van der Waals surface area contributed by atoms with Crippen LogP contribution < -0.4 is 5.32 Å². The second kappa shape index (κ2) is 7.49. The normalized spacial score (nSPS) is 14.1. The van der Waals surface area contributed by atoms with Crippen molar-refractivity contribution >= 4 is 28.2 Å². The second-order valence-corrected chi connectivity index (χ2v) is 6.92. The third-order valence-corrected chi connectivity index (χ3v) is 5.09. The van der Waals surface area contributed by atoms with E-state index in [0.29, 0.717) is 16.1 Å². The first-order chi connectivity index (χ1) is 12.1. The highest BCUT2D eigenvalue weighted by Crippen LogP contribution is 2.24. The van der Waals surface area contributed by atoms with Crippen molar-refractivity contribution < 1.29 is 14.3 Å². The minimum Gasteiger partial charge on any atom is -0.449 e. The highest BCUT2D eigenvalue weighted by Gasteiger charge is 2.21. The molecule has 6 heteroatoms. The Bertz CT molecular complexity index is 851. The summed E-state index contributed by atoms with van der Waals surface area (Å²) in [5, 5.41) is 13.8. The number of nitrogens with one attached hydrogen (secondary N) is 1. The lowest BCUT2D eigenvalue weighted by Crippen LogP contribution is -2.30. The predicted molar refractivity (Wildman–Crippen MR) is 95.6 cm³/mol. The van der Waals surface area contributed by atoms with Gasteiger partial charge in [0, 0.05) is 0 Å². The Morgan fingerprint density at radius 1 is 1.24 bits per heavy atom. The molecule has 1 N–H and O–H groups in total. The van der Waals surface area contributed by atoms with Crippen LogP contribution in [-0.4, -0.2) is 18.0 Å². The lowest BCUT2D eigenvalue weighted by atomic mass is 9.90. The Labute approximate surface area is 150 Å². The van der Waals surface area contributed by atoms with Crippen molar-refractivity contribution in [3.63, 3.8) is 0 Å². The van der Waals surface area contributed by atoms with Crippen molar-refractivity contribution in [3.05, 3.63) is 51.9 Å². The van der Waals surface area contributed by atoms with Gasteiger partial charge in [-0.3, -0.25) is 4.79 Å². The van der Waals surface area contributed by atoms with E-state index in [4.69, 9.17) is 10.00 Å². The molecule has 0 spiro atoms. The molecule has 1 aliphatic carbocycles. The number of benzene rings is 1. The van der Waals surface area contributed by atoms with Gasteiger partial charge in [0.05, 0.1) is 11.1 Å². The number of nitrogens with zero attached hydrogens (tertiary/aromatic N) is 1. The van der Waals surface area contributed by atoms with E-state index in [9.17, 15) is 9.59 Å². The number of esters is 1. The molecule has 1 unspecified atom stereocenters. The van der Waals surface area contributed by atoms with E-state index in [1.54, 1.807) is 17.5 Å². The first-order valence-corrected chi connectivity index (χ1v) is 9.07. The molecule has 0 radical (unpaired) electrons. The minimum absolute atomic E-state index is 0.395. The van der Waals surface area contributed by atoms with Gasteiger partial charge in [-0.05, 0) is 67.3 Å². The number of thiophene rings is 1. The van der Waals surface area contributed by atoms with Crippen LogP contribution in [0.15, 0.2) is 29.6 Å². The van der Waals surface area contributed by atoms with Crippen molar-refractivity contribution in [1.82, 2.24) is 0 Å². The highest BCUT2D eigenvalue weighted by atomic mass is 32.1. The summed E-state index contributed by atoms with van der Waals surface area (Å²) in [6.07, 6.45) is 3.39. The maximum absolute atomic E-state index is 12.3. The van der Waals surface area contributed by atoms with Crippen LogP contribution in [0.1, 0.15) is 46.8 Å². The van der Waals surface area contributed by atoms with Crippen LogP contribution in [0.25, 0.3) is 0 Å². The maximum Gasteiger partial charge on any atom is 0.338 e. The molecule has 0 fully saturated rings. The molecule has 2 aromatic rings. The third kappa shape index (κ3) is 3.89. The minimum atomic E-state index is -0.947. The summed E-state index contributed by atoms with van der Waals surface area (Å²) in [6, 6.07) is 9.23. The average molecular weight is 354 g/mol. The van der Waals surface area contributed by atoms with Crippen molar-refractivity contribution in [2.45, 2.75) is 38.7 Å². The van der Waals surface area contributed by atoms with Gasteiger partial charge in [-0.15, -0.1) is 11.3 Å². The summed E-state index contributed by atoms with van der Waals surface area (Å²) in [5.41, 5.74) is 3.34. The Hall–Kier alpha value is -2.65. The van der Waals surface area contributed by atoms with E-state index in [2.05, 4.69) is 5.32 Å². The number of anilines is 1. The number of aryl methyl sites for hydroxylation is 2. The maximum atomic E-state index is 12.3. The number of hydrogen-bond donors (Lipinski definition) is 1. The first-order valence-electron chi connectivity index (χ1n) is 8.19. The van der Waals surface area contributed by atoms with E-state index in [1.165, 1.54) is 35.8 Å². The fourth-order valence-corrected chi connectivity index (χ4v) is 3.59. The summed E-state index contributed by atoms with van der Waals surface area (Å²) in [7, 11) is 0. The fraction of sp³-hybridized carbons (Fsp3) is 0.316. The number of rotatable bonds is 4. The molecule has 1 aromatic heterocycles. The second-order valence-electron chi connectivity index (χ2n) is 6.00. The van der Waals surface area contributed by atoms with Crippen LogP contribution >= 0.6 is 11.3 Å². The number of amides is 1. The number of carbonyl (C=O) groups is 2. The van der Waals surface area contributed by atoms with Gasteiger partial charge in [0.1, 0.15) is 11.1 Å². The quantitative estimate of drug-likeness (QED) is 0.850. The SMILES string of the molecule is CC(OC(=O)c1ccc2c(c1)CCCC2)C(=O)Nc1sccc1C#N. The summed E-state index contributed by atoms with van der Waals surface area (Å²) in [5.74, 6) is -0.965. The molecule has 128 valence electrons. The molecular weight excluding hydrogens is 336 g/mol. The van der Waals surface area contributed by atoms with Crippen LogP contribution in [0.3, 0.4) is 0 Å². The zero-order valence-electron chi connectivity index (χ0n) is 13.9. The topological polar surface area (TPSA) is 79.2 Å². The van der Waals surface area contributed by atoms with Gasteiger partial charge in [-0.25, -0.2) is 4.79 Å². The molecule has 1 amide bonds. The average Bonchev–Trinajstić information content (AvgIpc) is 3.08. The molecule has 0 aliphatic heterocycles. The van der Waals surface area contributed by atoms with E-state index < -0.39 is 18.0 Å². The number of carbonyl (C=O) groups excluding carboxylic acids is 2. The van der Waals surface area contributed by atoms with Crippen LogP contribution in [0.2, 0.25) is 0 Å². The fourth-order valence-electron chi connectivity index (χ4n) is 2.85. The largest absolute Gasteiger partial charge is 0.449 e. The zero-order valence-corrected chi connectivity index (χ0v) is 14.7. The van der Waals surface area contributed by atoms with E-state index in [1.807, 2.05) is 18.2 Å². The van der Waals surface area contributed by atoms with Gasteiger partial charge < -0.3 is 10.1 Å². The first kappa shape index (κ1) is 17.2. The summed E-state index contributed by atoms with van der Waals surface area (Å²) in [6.45, 7) is 1.52. The van der Waals surface area contributed by atoms with E-state index in [0.717, 1.165) is 19.3 Å². The smallest absolute Gasteiger partial charge is 0.338 e. The molecule has 1 atom stereocenters. The summed E-state index contributed by atoms with van der Waals surface area (Å²) in [4.78, 5) is 24.5. The molecule has 3 rings (SSSR count). The summed E-state index contributed by atoms with van der Waals surface area (Å²) >= 11 is 1.26. The zero-order chi connectivity index (χ0) is 17.8. The van der Waals surface area contributed by atoms with Gasteiger partial charge in [-0.2, -0.15) is 5.26 Å². The monoisotopic (exact) mass is 354 g/mol. The molecule has 25 heavy (non-hydrogen) atoms. The Morgan fingerprint density at radius 2 is 2.00 bits per heavy atom. The molecular formula is C19H18N2O3S. The van der Waals surface area contributed by atoms with Crippen LogP contribution in [0.4, 0.5) is 5.00 Å². The van der Waals surface area contributed by atoms with E-state index >= 15 is 0 Å². The van der Waals surface area contributed by atoms with Crippen LogP contribution in [0.5, 0.6) is 0 Å². The molecule has 0 saturated carbocycles. The lowest BCUT2D eigenvalue weighted by molar-refractivity contribution is -0.123. The molecule has 5 nitrogen and oxygen atoms in total. The van der Waals surface area contributed by atoms with Gasteiger partial charge >= 0.3 is 5.97 Å². The number of nitriles is 1. The van der Waals surface area contributed by atoms with Gasteiger partial charge in [0.25, 0.3) is 5.91 Å². The molecule has 1 aromatic carbocycles. The molecule has 0 saturated heterocycles. The van der Waals surface area contributed by atoms with Gasteiger partial charge in [-0.1, -0.05) is 6.07 Å². The number of hydrogen-bond acceptors (Lipinski definition) is 5. The summed E-state index contributed by atoms with van der Waals surface area (Å²) < 4.78 is 5.28. The Morgan fingerprint density at radius 3 is 2.76 bits per heavy atom. The molecule has 1 aliphatic rings.